The fraction of sp³-hybridized carbons (Fsp3) is 0.200. The smallest absolute Gasteiger partial charge is 0.160 e. The van der Waals surface area contributed by atoms with Crippen LogP contribution in [0.1, 0.15) is 22.8 Å². The van der Waals surface area contributed by atoms with E-state index < -0.39 is 0 Å². The third kappa shape index (κ3) is 2.02. The Hall–Kier alpha value is -0.940. The van der Waals surface area contributed by atoms with Crippen molar-refractivity contribution in [1.29, 1.82) is 0 Å². The van der Waals surface area contributed by atoms with E-state index in [1.54, 1.807) is 6.92 Å². The minimum atomic E-state index is 0.130. The lowest BCUT2D eigenvalue weighted by molar-refractivity contribution is 0.101. The number of Topliss-reactive ketones (excluding diaryl/α,β-unsaturated/α-hetero) is 1. The molecule has 0 radical (unpaired) electrons. The van der Waals surface area contributed by atoms with E-state index in [-0.39, 0.29) is 5.78 Å². The van der Waals surface area contributed by atoms with Gasteiger partial charge in [-0.15, -0.1) is 8.20 Å². The summed E-state index contributed by atoms with van der Waals surface area (Å²) in [5.74, 6) is 2.17. The lowest BCUT2D eigenvalue weighted by atomic mass is 10.1. The summed E-state index contributed by atoms with van der Waals surface area (Å²) in [7, 11) is 1.18. The zero-order chi connectivity index (χ0) is 8.97. The molecule has 62 valence electrons. The van der Waals surface area contributed by atoms with Crippen molar-refractivity contribution in [3.63, 3.8) is 0 Å². The van der Waals surface area contributed by atoms with E-state index in [1.807, 2.05) is 36.7 Å². The highest BCUT2D eigenvalue weighted by Crippen LogP contribution is 2.08. The number of carbonyl (C=O) groups is 1. The molecule has 0 aliphatic heterocycles. The van der Waals surface area contributed by atoms with Gasteiger partial charge in [-0.1, -0.05) is 24.3 Å². The molecule has 0 fully saturated rings. The summed E-state index contributed by atoms with van der Waals surface area (Å²) in [6, 6.07) is 7.66. The van der Waals surface area contributed by atoms with Crippen LogP contribution in [0.5, 0.6) is 0 Å². The second-order valence-corrected chi connectivity index (χ2v) is 3.31. The zero-order valence-corrected chi connectivity index (χ0v) is 8.14. The van der Waals surface area contributed by atoms with Crippen LogP contribution in [0.15, 0.2) is 24.3 Å². The molecule has 0 saturated carbocycles. The third-order valence-corrected chi connectivity index (χ3v) is 2.14. The van der Waals surface area contributed by atoms with Crippen LogP contribution in [0.3, 0.4) is 0 Å². The lowest BCUT2D eigenvalue weighted by Gasteiger charge is -1.99. The van der Waals surface area contributed by atoms with Gasteiger partial charge in [-0.3, -0.25) is 4.79 Å². The Morgan fingerprint density at radius 3 is 2.67 bits per heavy atom. The van der Waals surface area contributed by atoms with Crippen LogP contribution in [0.2, 0.25) is 0 Å². The predicted molar refractivity (Wildman–Crippen MR) is 54.5 cm³/mol. The highest BCUT2D eigenvalue weighted by Gasteiger charge is 2.01. The Balaban J connectivity index is 3.17. The van der Waals surface area contributed by atoms with Gasteiger partial charge in [-0.2, -0.15) is 0 Å². The Bertz CT molecular complexity index is 315. The third-order valence-electron chi connectivity index (χ3n) is 1.61. The van der Waals surface area contributed by atoms with Crippen LogP contribution in [0.25, 0.3) is 0 Å². The van der Waals surface area contributed by atoms with Crippen LogP contribution in [-0.2, 0) is 0 Å². The molecule has 1 nitrogen and oxygen atoms in total. The molecule has 2 heteroatoms. The van der Waals surface area contributed by atoms with E-state index >= 15 is 0 Å². The zero-order valence-electron chi connectivity index (χ0n) is 7.24. The van der Waals surface area contributed by atoms with Crippen molar-refractivity contribution in [3.05, 3.63) is 35.4 Å². The predicted octanol–water partition coefficient (Wildman–Crippen LogP) is 2.62. The summed E-state index contributed by atoms with van der Waals surface area (Å²) < 4.78 is 0. The second-order valence-electron chi connectivity index (χ2n) is 2.53. The molecule has 0 heterocycles. The number of benzene rings is 1. The molecule has 0 aliphatic carbocycles. The van der Waals surface area contributed by atoms with Crippen LogP contribution < -0.4 is 0 Å². The summed E-state index contributed by atoms with van der Waals surface area (Å²) >= 11 is 0. The molecule has 1 aromatic rings. The van der Waals surface area contributed by atoms with Gasteiger partial charge < -0.3 is 0 Å². The van der Waals surface area contributed by atoms with Crippen molar-refractivity contribution in [1.82, 2.24) is 0 Å². The second kappa shape index (κ2) is 4.18. The van der Waals surface area contributed by atoms with Gasteiger partial charge in [0, 0.05) is 5.56 Å². The highest BCUT2D eigenvalue weighted by atomic mass is 31.1. The van der Waals surface area contributed by atoms with Crippen LogP contribution in [0.4, 0.5) is 0 Å². The number of ketones is 1. The summed E-state index contributed by atoms with van der Waals surface area (Å²) in [6.07, 6.45) is 0. The minimum absolute atomic E-state index is 0.130. The summed E-state index contributed by atoms with van der Waals surface area (Å²) in [4.78, 5) is 11.1. The summed E-state index contributed by atoms with van der Waals surface area (Å²) in [5.41, 5.74) is 1.85. The van der Waals surface area contributed by atoms with Crippen molar-refractivity contribution in [2.45, 2.75) is 6.92 Å². The van der Waals surface area contributed by atoms with Crippen molar-refractivity contribution in [3.8, 4) is 0 Å². The summed E-state index contributed by atoms with van der Waals surface area (Å²) in [6.45, 7) is 3.64. The Kier molecular flexibility index (Phi) is 3.19. The van der Waals surface area contributed by atoms with E-state index in [2.05, 4.69) is 0 Å². The van der Waals surface area contributed by atoms with Crippen molar-refractivity contribution in [2.75, 3.05) is 6.66 Å². The Labute approximate surface area is 74.2 Å². The van der Waals surface area contributed by atoms with Gasteiger partial charge in [0.15, 0.2) is 5.78 Å². The maximum absolute atomic E-state index is 11.1. The Morgan fingerprint density at radius 2 is 2.08 bits per heavy atom. The average Bonchev–Trinajstić information content (AvgIpc) is 2.05. The molecule has 0 spiro atoms. The van der Waals surface area contributed by atoms with Gasteiger partial charge in [0.25, 0.3) is 0 Å². The van der Waals surface area contributed by atoms with Crippen molar-refractivity contribution >= 4 is 19.8 Å². The molecule has 1 rings (SSSR count). The van der Waals surface area contributed by atoms with Gasteiger partial charge in [0.2, 0.25) is 0 Å². The Morgan fingerprint density at radius 1 is 1.42 bits per heavy atom. The van der Waals surface area contributed by atoms with Crippen LogP contribution in [0, 0.1) is 0 Å². The number of rotatable bonds is 2. The molecule has 0 amide bonds. The SMILES string of the molecule is C/P=C\c1ccccc1C(C)=O. The first-order chi connectivity index (χ1) is 5.75. The van der Waals surface area contributed by atoms with E-state index in [9.17, 15) is 4.79 Å². The van der Waals surface area contributed by atoms with E-state index in [0.29, 0.717) is 0 Å². The number of hydrogen-bond acceptors (Lipinski definition) is 1. The first-order valence-electron chi connectivity index (χ1n) is 3.78. The maximum atomic E-state index is 11.1. The quantitative estimate of drug-likeness (QED) is 0.502. The van der Waals surface area contributed by atoms with Crippen LogP contribution >= 0.6 is 8.20 Å². The topological polar surface area (TPSA) is 17.1 Å². The van der Waals surface area contributed by atoms with Gasteiger partial charge >= 0.3 is 0 Å². The number of carbonyl (C=O) groups excluding carboxylic acids is 1. The molecule has 12 heavy (non-hydrogen) atoms. The fourth-order valence-electron chi connectivity index (χ4n) is 1.07. The van der Waals surface area contributed by atoms with E-state index in [1.165, 1.54) is 8.20 Å². The first-order valence-corrected chi connectivity index (χ1v) is 5.19. The average molecular weight is 178 g/mol. The molecule has 0 saturated heterocycles. The van der Waals surface area contributed by atoms with Gasteiger partial charge in [-0.25, -0.2) is 0 Å². The van der Waals surface area contributed by atoms with E-state index in [4.69, 9.17) is 0 Å². The van der Waals surface area contributed by atoms with Crippen LogP contribution in [-0.4, -0.2) is 18.2 Å². The van der Waals surface area contributed by atoms with Gasteiger partial charge in [-0.05, 0) is 24.9 Å². The van der Waals surface area contributed by atoms with E-state index in [0.717, 1.165) is 11.1 Å². The molecule has 0 atom stereocenters. The molecule has 0 aliphatic rings. The standard InChI is InChI=1S/C10H11OP/c1-8(11)10-6-4-3-5-9(10)7-12-2/h3-7H,1-2H3. The first kappa shape index (κ1) is 9.15. The monoisotopic (exact) mass is 178 g/mol. The minimum Gasteiger partial charge on any atom is -0.294 e. The molecule has 0 unspecified atom stereocenters. The molecular weight excluding hydrogens is 167 g/mol. The largest absolute Gasteiger partial charge is 0.294 e. The molecular formula is C10H11OP. The normalized spacial score (nSPS) is 10.5. The summed E-state index contributed by atoms with van der Waals surface area (Å²) in [5, 5.41) is 0. The van der Waals surface area contributed by atoms with Crippen molar-refractivity contribution in [2.24, 2.45) is 0 Å². The maximum Gasteiger partial charge on any atom is 0.160 e. The molecule has 1 aromatic carbocycles. The fourth-order valence-corrected chi connectivity index (χ4v) is 1.57. The number of hydrogen-bond donors (Lipinski definition) is 0. The molecule has 0 N–H and O–H groups in total. The highest BCUT2D eigenvalue weighted by molar-refractivity contribution is 7.38. The molecule has 0 aromatic heterocycles. The van der Waals surface area contributed by atoms with Gasteiger partial charge in [0.05, 0.1) is 0 Å². The lowest BCUT2D eigenvalue weighted by Crippen LogP contribution is -1.96. The van der Waals surface area contributed by atoms with Crippen molar-refractivity contribution < 1.29 is 4.79 Å². The van der Waals surface area contributed by atoms with Gasteiger partial charge in [0.1, 0.15) is 0 Å². The molecule has 0 bridgehead atoms.